The molecule has 1 aliphatic rings. The lowest BCUT2D eigenvalue weighted by Crippen LogP contribution is -2.06. The number of carbonyl (C=O) groups is 1. The highest BCUT2D eigenvalue weighted by Gasteiger charge is 2.23. The fourth-order valence-corrected chi connectivity index (χ4v) is 1.39. The predicted molar refractivity (Wildman–Crippen MR) is 58.8 cm³/mol. The Balaban J connectivity index is 2.11. The van der Waals surface area contributed by atoms with Crippen LogP contribution in [0, 0.1) is 0 Å². The predicted octanol–water partition coefficient (Wildman–Crippen LogP) is 1.67. The van der Waals surface area contributed by atoms with Gasteiger partial charge in [0.2, 0.25) is 5.90 Å². The first-order valence-corrected chi connectivity index (χ1v) is 4.86. The Hall–Kier alpha value is -2.10. The SMILES string of the molecule is CO/C=C1/N=C(Cc2ccccc2)OC1=O. The van der Waals surface area contributed by atoms with E-state index in [-0.39, 0.29) is 5.70 Å². The van der Waals surface area contributed by atoms with Crippen LogP contribution in [-0.4, -0.2) is 19.0 Å². The molecule has 16 heavy (non-hydrogen) atoms. The first-order valence-electron chi connectivity index (χ1n) is 4.86. The molecule has 0 radical (unpaired) electrons. The fourth-order valence-electron chi connectivity index (χ4n) is 1.39. The second-order valence-corrected chi connectivity index (χ2v) is 3.30. The lowest BCUT2D eigenvalue weighted by atomic mass is 10.1. The van der Waals surface area contributed by atoms with E-state index in [9.17, 15) is 4.79 Å². The van der Waals surface area contributed by atoms with E-state index in [0.29, 0.717) is 12.3 Å². The highest BCUT2D eigenvalue weighted by atomic mass is 16.6. The maximum atomic E-state index is 11.3. The molecule has 1 aliphatic heterocycles. The quantitative estimate of drug-likeness (QED) is 0.439. The summed E-state index contributed by atoms with van der Waals surface area (Å²) in [6, 6.07) is 9.70. The van der Waals surface area contributed by atoms with Crippen molar-refractivity contribution in [1.82, 2.24) is 0 Å². The van der Waals surface area contributed by atoms with Crippen LogP contribution in [0.15, 0.2) is 47.3 Å². The summed E-state index contributed by atoms with van der Waals surface area (Å²) in [5.74, 6) is -0.0627. The van der Waals surface area contributed by atoms with Gasteiger partial charge in [-0.1, -0.05) is 30.3 Å². The van der Waals surface area contributed by atoms with Gasteiger partial charge >= 0.3 is 5.97 Å². The van der Waals surface area contributed by atoms with Crippen molar-refractivity contribution >= 4 is 11.9 Å². The second kappa shape index (κ2) is 4.61. The summed E-state index contributed by atoms with van der Waals surface area (Å²) in [5.41, 5.74) is 1.25. The van der Waals surface area contributed by atoms with E-state index >= 15 is 0 Å². The van der Waals surface area contributed by atoms with Crippen molar-refractivity contribution in [2.24, 2.45) is 4.99 Å². The Bertz CT molecular complexity index is 449. The number of rotatable bonds is 3. The van der Waals surface area contributed by atoms with Gasteiger partial charge in [0.15, 0.2) is 5.70 Å². The second-order valence-electron chi connectivity index (χ2n) is 3.30. The summed E-state index contributed by atoms with van der Waals surface area (Å²) in [4.78, 5) is 15.3. The minimum Gasteiger partial charge on any atom is -0.502 e. The number of carbonyl (C=O) groups excluding carboxylic acids is 1. The molecule has 0 unspecified atom stereocenters. The summed E-state index contributed by atoms with van der Waals surface area (Å²) < 4.78 is 9.72. The molecule has 0 atom stereocenters. The van der Waals surface area contributed by atoms with Crippen LogP contribution < -0.4 is 0 Å². The van der Waals surface area contributed by atoms with Gasteiger partial charge in [-0.05, 0) is 5.56 Å². The molecular formula is C12H11NO3. The lowest BCUT2D eigenvalue weighted by Gasteiger charge is -1.98. The van der Waals surface area contributed by atoms with Crippen LogP contribution in [0.4, 0.5) is 0 Å². The highest BCUT2D eigenvalue weighted by Crippen LogP contribution is 2.13. The van der Waals surface area contributed by atoms with Gasteiger partial charge in [-0.3, -0.25) is 0 Å². The maximum Gasteiger partial charge on any atom is 0.366 e. The van der Waals surface area contributed by atoms with Crippen LogP contribution in [0.5, 0.6) is 0 Å². The van der Waals surface area contributed by atoms with Crippen LogP contribution in [0.2, 0.25) is 0 Å². The van der Waals surface area contributed by atoms with Crippen molar-refractivity contribution < 1.29 is 14.3 Å². The summed E-state index contributed by atoms with van der Waals surface area (Å²) >= 11 is 0. The van der Waals surface area contributed by atoms with Crippen molar-refractivity contribution in [2.75, 3.05) is 7.11 Å². The number of benzene rings is 1. The molecule has 0 fully saturated rings. The first kappa shape index (κ1) is 10.4. The smallest absolute Gasteiger partial charge is 0.366 e. The van der Waals surface area contributed by atoms with Crippen LogP contribution in [0.3, 0.4) is 0 Å². The Morgan fingerprint density at radius 2 is 2.12 bits per heavy atom. The average Bonchev–Trinajstić information content (AvgIpc) is 2.61. The Labute approximate surface area is 93.2 Å². The van der Waals surface area contributed by atoms with Crippen molar-refractivity contribution in [3.05, 3.63) is 47.9 Å². The lowest BCUT2D eigenvalue weighted by molar-refractivity contribution is -0.130. The van der Waals surface area contributed by atoms with Gasteiger partial charge in [-0.25, -0.2) is 9.79 Å². The zero-order valence-corrected chi connectivity index (χ0v) is 8.84. The van der Waals surface area contributed by atoms with Gasteiger partial charge in [0.1, 0.15) is 6.26 Å². The maximum absolute atomic E-state index is 11.3. The molecule has 0 saturated carbocycles. The third-order valence-corrected chi connectivity index (χ3v) is 2.09. The molecule has 1 heterocycles. The zero-order valence-electron chi connectivity index (χ0n) is 8.84. The summed E-state index contributed by atoms with van der Waals surface area (Å²) in [7, 11) is 1.46. The van der Waals surface area contributed by atoms with Crippen molar-refractivity contribution in [1.29, 1.82) is 0 Å². The Morgan fingerprint density at radius 3 is 2.81 bits per heavy atom. The Kier molecular flexibility index (Phi) is 3.00. The minimum atomic E-state index is -0.465. The van der Waals surface area contributed by atoms with E-state index in [1.165, 1.54) is 13.4 Å². The molecule has 0 N–H and O–H groups in total. The van der Waals surface area contributed by atoms with Gasteiger partial charge < -0.3 is 9.47 Å². The van der Waals surface area contributed by atoms with Crippen LogP contribution >= 0.6 is 0 Å². The fraction of sp³-hybridized carbons (Fsp3) is 0.167. The number of hydrogen-bond acceptors (Lipinski definition) is 4. The van der Waals surface area contributed by atoms with Crippen molar-refractivity contribution in [3.63, 3.8) is 0 Å². The normalized spacial score (nSPS) is 17.2. The summed E-state index contributed by atoms with van der Waals surface area (Å²) in [6.45, 7) is 0. The summed E-state index contributed by atoms with van der Waals surface area (Å²) in [6.07, 6.45) is 1.79. The van der Waals surface area contributed by atoms with Gasteiger partial charge in [-0.2, -0.15) is 0 Å². The summed E-state index contributed by atoms with van der Waals surface area (Å²) in [5, 5.41) is 0. The minimum absolute atomic E-state index is 0.202. The van der Waals surface area contributed by atoms with Gasteiger partial charge in [0, 0.05) is 6.42 Å². The van der Waals surface area contributed by atoms with Crippen LogP contribution in [0.25, 0.3) is 0 Å². The molecule has 4 nitrogen and oxygen atoms in total. The van der Waals surface area contributed by atoms with Crippen molar-refractivity contribution in [3.8, 4) is 0 Å². The standard InChI is InChI=1S/C12H11NO3/c1-15-8-10-12(14)16-11(13-10)7-9-5-3-2-4-6-9/h2-6,8H,7H2,1H3/b10-8+. The number of esters is 1. The number of nitrogens with zero attached hydrogens (tertiary/aromatic N) is 1. The van der Waals surface area contributed by atoms with E-state index in [1.54, 1.807) is 0 Å². The number of hydrogen-bond donors (Lipinski definition) is 0. The van der Waals surface area contributed by atoms with E-state index < -0.39 is 5.97 Å². The molecule has 4 heteroatoms. The average molecular weight is 217 g/mol. The molecule has 2 rings (SSSR count). The third-order valence-electron chi connectivity index (χ3n) is 2.09. The Morgan fingerprint density at radius 1 is 1.38 bits per heavy atom. The van der Waals surface area contributed by atoms with Gasteiger partial charge in [-0.15, -0.1) is 0 Å². The molecule has 0 bridgehead atoms. The molecule has 82 valence electrons. The van der Waals surface area contributed by atoms with Crippen molar-refractivity contribution in [2.45, 2.75) is 6.42 Å². The topological polar surface area (TPSA) is 47.9 Å². The number of cyclic esters (lactones) is 1. The van der Waals surface area contributed by atoms with Crippen LogP contribution in [0.1, 0.15) is 5.56 Å². The molecule has 1 aromatic rings. The molecule has 0 amide bonds. The molecule has 0 spiro atoms. The largest absolute Gasteiger partial charge is 0.502 e. The zero-order chi connectivity index (χ0) is 11.4. The molecule has 1 aromatic carbocycles. The number of ether oxygens (including phenoxy) is 2. The van der Waals surface area contributed by atoms with E-state index in [2.05, 4.69) is 4.99 Å². The first-order chi connectivity index (χ1) is 7.79. The number of methoxy groups -OCH3 is 1. The third kappa shape index (κ3) is 2.28. The van der Waals surface area contributed by atoms with Gasteiger partial charge in [0.25, 0.3) is 0 Å². The molecular weight excluding hydrogens is 206 g/mol. The highest BCUT2D eigenvalue weighted by molar-refractivity contribution is 6.04. The van der Waals surface area contributed by atoms with Crippen LogP contribution in [-0.2, 0) is 20.7 Å². The van der Waals surface area contributed by atoms with Gasteiger partial charge in [0.05, 0.1) is 7.11 Å². The molecule has 0 aromatic heterocycles. The monoisotopic (exact) mass is 217 g/mol. The van der Waals surface area contributed by atoms with E-state index in [0.717, 1.165) is 5.56 Å². The molecule has 0 saturated heterocycles. The molecule has 0 aliphatic carbocycles. The van der Waals surface area contributed by atoms with E-state index in [1.807, 2.05) is 30.3 Å². The number of aliphatic imine (C=N–C) groups is 1. The van der Waals surface area contributed by atoms with E-state index in [4.69, 9.17) is 9.47 Å².